The van der Waals surface area contributed by atoms with Gasteiger partial charge in [0.15, 0.2) is 26.4 Å². The van der Waals surface area contributed by atoms with Crippen molar-refractivity contribution in [1.29, 1.82) is 0 Å². The topological polar surface area (TPSA) is 133 Å². The number of ether oxygens (including phenoxy) is 6. The third-order valence-electron chi connectivity index (χ3n) is 15.8. The number of hydrogen-bond acceptors (Lipinski definition) is 12. The molecule has 4 rings (SSSR count). The molecule has 0 saturated carbocycles. The summed E-state index contributed by atoms with van der Waals surface area (Å²) in [5.41, 5.74) is 0. The third kappa shape index (κ3) is 16.3. The van der Waals surface area contributed by atoms with E-state index in [1.165, 1.54) is 0 Å². The molecule has 0 aliphatic carbocycles. The van der Waals surface area contributed by atoms with Crippen molar-refractivity contribution in [1.82, 2.24) is 29.9 Å². The van der Waals surface area contributed by atoms with E-state index in [4.69, 9.17) is 0 Å². The minimum absolute atomic E-state index is 0.0940. The lowest BCUT2D eigenvalue weighted by molar-refractivity contribution is -0.447. The number of benzene rings is 2. The van der Waals surface area contributed by atoms with Crippen molar-refractivity contribution < 1.29 is 309 Å². The molecule has 2 aromatic heterocycles. The first kappa shape index (κ1) is 111. The van der Waals surface area contributed by atoms with Crippen molar-refractivity contribution in [3.05, 3.63) is 36.4 Å². The molecule has 0 aliphatic heterocycles. The fourth-order valence-corrected chi connectivity index (χ4v) is 8.28. The molecule has 0 amide bonds. The largest absolute Gasteiger partial charge is 0.457 e. The van der Waals surface area contributed by atoms with E-state index in [-0.39, 0.29) is 24.3 Å². The van der Waals surface area contributed by atoms with Gasteiger partial charge in [-0.2, -0.15) is 246 Å². The summed E-state index contributed by atoms with van der Waals surface area (Å²) in [6.07, 6.45) is -25.9. The number of alkyl halides is 64. The normalized spacial score (nSPS) is 15.8. The number of halogens is 64. The molecule has 0 radical (unpaired) electrons. The zero-order chi connectivity index (χ0) is 102. The third-order valence-corrected chi connectivity index (χ3v) is 15.8. The van der Waals surface area contributed by atoms with Gasteiger partial charge in [-0.1, -0.05) is 24.3 Å². The average molecular weight is 2040 g/mol. The smallest absolute Gasteiger partial charge is 0.385 e. The van der Waals surface area contributed by atoms with Gasteiger partial charge in [-0.05, 0) is 17.5 Å². The summed E-state index contributed by atoms with van der Waals surface area (Å²) < 4.78 is 927. The maximum absolute atomic E-state index is 15.1. The molecule has 2 heterocycles. The zero-order valence-electron chi connectivity index (χ0n) is 56.9. The van der Waals surface area contributed by atoms with Crippen molar-refractivity contribution in [3.63, 3.8) is 0 Å². The Hall–Kier alpha value is -8.96. The molecule has 4 aromatic rings. The summed E-state index contributed by atoms with van der Waals surface area (Å²) in [5.74, 6) is -251. The van der Waals surface area contributed by atoms with Crippen LogP contribution in [0.1, 0.15) is 0 Å². The van der Waals surface area contributed by atoms with Crippen LogP contribution in [0.3, 0.4) is 0 Å². The molecule has 0 spiro atoms. The lowest BCUT2D eigenvalue weighted by Crippen LogP contribution is -2.74. The van der Waals surface area contributed by atoms with E-state index >= 15 is 35.1 Å². The van der Waals surface area contributed by atoms with Crippen molar-refractivity contribution in [3.8, 4) is 47.6 Å². The maximum Gasteiger partial charge on any atom is 0.385 e. The Kier molecular flexibility index (Phi) is 28.3. The quantitative estimate of drug-likeness (QED) is 0.0390. The molecule has 0 N–H and O–H groups in total. The van der Waals surface area contributed by atoms with Crippen molar-refractivity contribution in [2.45, 2.75) is 192 Å². The lowest BCUT2D eigenvalue weighted by Gasteiger charge is -2.42. The van der Waals surface area contributed by atoms with Gasteiger partial charge in [-0.3, -0.25) is 0 Å². The van der Waals surface area contributed by atoms with Crippen LogP contribution in [0.2, 0.25) is 0 Å². The summed E-state index contributed by atoms with van der Waals surface area (Å²) >= 11 is 0. The van der Waals surface area contributed by atoms with Crippen LogP contribution >= 0.6 is 0 Å². The molecular weight excluding hydrogens is 2020 g/mol. The first-order valence-electron chi connectivity index (χ1n) is 29.6. The second-order valence-corrected chi connectivity index (χ2v) is 24.3. The summed E-state index contributed by atoms with van der Waals surface area (Å²) in [6, 6.07) is -17.4. The number of nitrogens with zero attached hydrogens (tertiary/aromatic N) is 6. The van der Waals surface area contributed by atoms with E-state index in [1.807, 2.05) is 9.97 Å². The van der Waals surface area contributed by atoms with Gasteiger partial charge < -0.3 is 28.4 Å². The standard InChI is InChI=1S/C52H18F64N6O6/c53-15(54)29(69,70)37(85,86)45(101,102)49(109,110)41(93,94)33(77,78)25(61,62)7-123-19-117-20(124-8-26(63,64)34(79,80)42(95,96)50(111,112)46(103,104)38(87,88)30(71,72)16(55)56)120-23(119-19)127-12-5-1-3-11-4-2-6-13(14(11)12)128-24-121-21(125-9-27(65,66)35(81,82)43(97,98)51(113,114)47(105,106)39(89,90)31(73,74)17(57)58)118-22(122-24)126-10-28(67,68)36(83,84)44(99,100)52(115,116)48(107,108)40(91,92)32(75,76)18(59)60/h1-6,15-18H,7-10H2. The second kappa shape index (κ2) is 32.5. The molecule has 128 heavy (non-hydrogen) atoms. The predicted octanol–water partition coefficient (Wildman–Crippen LogP) is 23.2. The average Bonchev–Trinajstić information content (AvgIpc) is 0.710. The van der Waals surface area contributed by atoms with Crippen molar-refractivity contribution in [2.24, 2.45) is 0 Å². The highest BCUT2D eigenvalue weighted by Gasteiger charge is 2.99. The Bertz CT molecular complexity index is 4060. The van der Waals surface area contributed by atoms with Gasteiger partial charge in [-0.15, -0.1) is 29.9 Å². The van der Waals surface area contributed by atoms with Crippen LogP contribution in [0.4, 0.5) is 281 Å². The molecule has 0 fully saturated rings. The first-order valence-corrected chi connectivity index (χ1v) is 29.6. The molecule has 0 saturated heterocycles. The predicted molar refractivity (Wildman–Crippen MR) is 268 cm³/mol. The molecule has 0 atom stereocenters. The van der Waals surface area contributed by atoms with Gasteiger partial charge >= 0.3 is 228 Å². The minimum Gasteiger partial charge on any atom is -0.457 e. The van der Waals surface area contributed by atoms with E-state index in [0.717, 1.165) is 0 Å². The van der Waals surface area contributed by atoms with Gasteiger partial charge in [0, 0.05) is 0 Å². The lowest BCUT2D eigenvalue weighted by atomic mass is 9.89. The number of hydrogen-bond donors (Lipinski definition) is 0. The number of aromatic nitrogens is 6. The fourth-order valence-electron chi connectivity index (χ4n) is 8.28. The van der Waals surface area contributed by atoms with E-state index in [2.05, 4.69) is 48.4 Å². The molecule has 0 aliphatic rings. The van der Waals surface area contributed by atoms with E-state index in [0.29, 0.717) is 12.1 Å². The highest BCUT2D eigenvalue weighted by molar-refractivity contribution is 5.94. The first-order chi connectivity index (χ1) is 56.0. The van der Waals surface area contributed by atoms with Crippen LogP contribution in [0.5, 0.6) is 47.6 Å². The Morgan fingerprint density at radius 1 is 0.188 bits per heavy atom. The zero-order valence-corrected chi connectivity index (χ0v) is 56.9. The fraction of sp³-hybridized carbons (Fsp3) is 0.692. The van der Waals surface area contributed by atoms with Crippen LogP contribution < -0.4 is 28.4 Å². The van der Waals surface area contributed by atoms with E-state index < -0.39 is 276 Å². The number of fused-ring (bicyclic) bond motifs is 1. The van der Waals surface area contributed by atoms with E-state index in [9.17, 15) is 246 Å². The summed E-state index contributed by atoms with van der Waals surface area (Å²) in [5, 5.41) is -2.82. The molecule has 0 bridgehead atoms. The summed E-state index contributed by atoms with van der Waals surface area (Å²) in [7, 11) is 0. The molecular formula is C52H18F64N6O6. The van der Waals surface area contributed by atoms with Crippen LogP contribution in [-0.4, -0.2) is 248 Å². The molecule has 12 nitrogen and oxygen atoms in total. The Morgan fingerprint density at radius 3 is 0.484 bits per heavy atom. The SMILES string of the molecule is FC(F)C(F)(F)C(F)(F)C(F)(F)C(F)(F)C(F)(F)C(F)(F)C(F)(F)COc1nc(OCC(F)(F)C(F)(F)C(F)(F)C(F)(F)C(F)(F)C(F)(F)C(F)(F)C(F)F)nc(Oc2cccc3cccc(Oc4nc(OCC(F)(F)C(F)(F)C(F)(F)C(F)(F)C(F)(F)C(F)(F)C(F)(F)C(F)F)nc(OCC(F)(F)C(F)(F)C(F)(F)C(F)(F)C(F)(F)C(F)(F)C(F)(F)C(F)F)n4)c23)n1. The highest BCUT2D eigenvalue weighted by Crippen LogP contribution is 2.69. The van der Waals surface area contributed by atoms with Crippen LogP contribution in [0.25, 0.3) is 10.8 Å². The monoisotopic (exact) mass is 2040 g/mol. The van der Waals surface area contributed by atoms with Gasteiger partial charge in [0.05, 0.1) is 5.39 Å². The Labute approximate surface area is 652 Å². The van der Waals surface area contributed by atoms with Gasteiger partial charge in [0.25, 0.3) is 0 Å². The summed E-state index contributed by atoms with van der Waals surface area (Å²) in [4.78, 5) is 13.5. The van der Waals surface area contributed by atoms with Crippen molar-refractivity contribution in [2.75, 3.05) is 26.4 Å². The van der Waals surface area contributed by atoms with Crippen LogP contribution in [0.15, 0.2) is 36.4 Å². The maximum atomic E-state index is 15.1. The van der Waals surface area contributed by atoms with Gasteiger partial charge in [0.2, 0.25) is 0 Å². The molecule has 740 valence electrons. The minimum atomic E-state index is -9.36. The van der Waals surface area contributed by atoms with Gasteiger partial charge in [-0.25, -0.2) is 35.1 Å². The van der Waals surface area contributed by atoms with E-state index in [1.54, 1.807) is 0 Å². The second-order valence-electron chi connectivity index (χ2n) is 24.3. The van der Waals surface area contributed by atoms with Gasteiger partial charge in [0.1, 0.15) is 11.5 Å². The highest BCUT2D eigenvalue weighted by atomic mass is 19.4. The Morgan fingerprint density at radius 2 is 0.328 bits per heavy atom. The number of rotatable bonds is 44. The molecule has 76 heteroatoms. The Balaban J connectivity index is 2.10. The van der Waals surface area contributed by atoms with Crippen LogP contribution in [0, 0.1) is 0 Å². The molecule has 2 aromatic carbocycles. The van der Waals surface area contributed by atoms with Crippen LogP contribution in [-0.2, 0) is 0 Å². The summed E-state index contributed by atoms with van der Waals surface area (Å²) in [6.45, 7) is -17.9. The van der Waals surface area contributed by atoms with Crippen molar-refractivity contribution >= 4 is 10.8 Å². The molecule has 0 unspecified atom stereocenters.